The number of carbonyl (C=O) groups excluding carboxylic acids is 1. The summed E-state index contributed by atoms with van der Waals surface area (Å²) in [5, 5.41) is 7.65. The number of rotatable bonds is 6. The molecule has 8 nitrogen and oxygen atoms in total. The predicted molar refractivity (Wildman–Crippen MR) is 132 cm³/mol. The first-order valence-electron chi connectivity index (χ1n) is 9.67. The van der Waals surface area contributed by atoms with Gasteiger partial charge in [0.2, 0.25) is 0 Å². The summed E-state index contributed by atoms with van der Waals surface area (Å²) in [5.74, 6) is -0.0243. The Labute approximate surface area is 200 Å². The summed E-state index contributed by atoms with van der Waals surface area (Å²) in [4.78, 5) is 39.8. The van der Waals surface area contributed by atoms with Crippen LogP contribution in [0.3, 0.4) is 0 Å². The first-order chi connectivity index (χ1) is 15.9. The van der Waals surface area contributed by atoms with E-state index in [9.17, 15) is 14.4 Å². The highest BCUT2D eigenvalue weighted by Crippen LogP contribution is 2.22. The summed E-state index contributed by atoms with van der Waals surface area (Å²) in [6, 6.07) is 18.4. The summed E-state index contributed by atoms with van der Waals surface area (Å²) in [7, 11) is 0. The molecule has 0 fully saturated rings. The predicted octanol–water partition coefficient (Wildman–Crippen LogP) is 4.01. The third kappa shape index (κ3) is 5.39. The molecule has 0 unspecified atom stereocenters. The van der Waals surface area contributed by atoms with Gasteiger partial charge in [0.05, 0.1) is 17.1 Å². The van der Waals surface area contributed by atoms with Crippen LogP contribution in [0.5, 0.6) is 5.75 Å². The molecule has 4 rings (SSSR count). The van der Waals surface area contributed by atoms with Gasteiger partial charge < -0.3 is 15.0 Å². The molecule has 4 aromatic rings. The topological polar surface area (TPSA) is 106 Å². The van der Waals surface area contributed by atoms with Gasteiger partial charge in [0.25, 0.3) is 11.5 Å². The second-order valence-corrected chi connectivity index (χ2v) is 8.22. The van der Waals surface area contributed by atoms with Crippen LogP contribution in [-0.2, 0) is 4.79 Å². The molecule has 33 heavy (non-hydrogen) atoms. The van der Waals surface area contributed by atoms with Crippen LogP contribution in [-0.4, -0.2) is 28.4 Å². The maximum Gasteiger partial charge on any atom is 0.349 e. The van der Waals surface area contributed by atoms with Crippen molar-refractivity contribution in [2.45, 2.75) is 0 Å². The molecule has 0 aliphatic carbocycles. The summed E-state index contributed by atoms with van der Waals surface area (Å²) in [6.07, 6.45) is 1.32. The van der Waals surface area contributed by atoms with Gasteiger partial charge in [0, 0.05) is 20.7 Å². The number of carbonyl (C=O) groups is 1. The lowest BCUT2D eigenvalue weighted by Crippen LogP contribution is -2.32. The average molecular weight is 528 g/mol. The number of H-pyrrole nitrogens is 1. The Balaban J connectivity index is 1.55. The van der Waals surface area contributed by atoms with Gasteiger partial charge >= 0.3 is 5.69 Å². The maximum atomic E-state index is 12.7. The standard InChI is InChI=1S/C23H16BrClN4O4/c24-15-5-10-20(33-13-21(30)27-17-8-6-16(25)7-9-17)14(11-15)12-26-29-22(31)18-3-1-2-4-19(18)28-23(29)32/h1-12H,13H2,(H,27,30)(H,28,32). The minimum Gasteiger partial charge on any atom is -0.483 e. The lowest BCUT2D eigenvalue weighted by molar-refractivity contribution is -0.118. The molecule has 0 aliphatic rings. The zero-order valence-corrected chi connectivity index (χ0v) is 19.3. The number of amides is 1. The van der Waals surface area contributed by atoms with Gasteiger partial charge in [0.1, 0.15) is 5.75 Å². The first kappa shape index (κ1) is 22.5. The van der Waals surface area contributed by atoms with Crippen LogP contribution < -0.4 is 21.3 Å². The number of benzene rings is 3. The fraction of sp³-hybridized carbons (Fsp3) is 0.0435. The molecule has 0 spiro atoms. The Bertz CT molecular complexity index is 1480. The van der Waals surface area contributed by atoms with Gasteiger partial charge in [-0.1, -0.05) is 39.7 Å². The Morgan fingerprint density at radius 1 is 1.12 bits per heavy atom. The lowest BCUT2D eigenvalue weighted by atomic mass is 10.2. The summed E-state index contributed by atoms with van der Waals surface area (Å²) >= 11 is 9.22. The van der Waals surface area contributed by atoms with Gasteiger partial charge in [-0.15, -0.1) is 4.68 Å². The molecule has 0 aliphatic heterocycles. The minimum absolute atomic E-state index is 0.262. The van der Waals surface area contributed by atoms with Crippen molar-refractivity contribution in [1.29, 1.82) is 0 Å². The number of fused-ring (bicyclic) bond motifs is 1. The number of nitrogens with one attached hydrogen (secondary N) is 2. The van der Waals surface area contributed by atoms with E-state index >= 15 is 0 Å². The second kappa shape index (κ2) is 9.85. The number of aromatic amines is 1. The Morgan fingerprint density at radius 3 is 2.67 bits per heavy atom. The Hall–Kier alpha value is -3.69. The number of aromatic nitrogens is 2. The van der Waals surface area contributed by atoms with E-state index in [0.717, 1.165) is 9.15 Å². The quantitative estimate of drug-likeness (QED) is 0.370. The van der Waals surface area contributed by atoms with E-state index in [4.69, 9.17) is 16.3 Å². The van der Waals surface area contributed by atoms with E-state index in [1.165, 1.54) is 6.21 Å². The molecule has 2 N–H and O–H groups in total. The highest BCUT2D eigenvalue weighted by Gasteiger charge is 2.09. The van der Waals surface area contributed by atoms with Crippen molar-refractivity contribution in [1.82, 2.24) is 9.66 Å². The fourth-order valence-electron chi connectivity index (χ4n) is 3.00. The van der Waals surface area contributed by atoms with Crippen LogP contribution in [0.15, 0.2) is 85.9 Å². The fourth-order valence-corrected chi connectivity index (χ4v) is 3.51. The first-order valence-corrected chi connectivity index (χ1v) is 10.8. The summed E-state index contributed by atoms with van der Waals surface area (Å²) < 4.78 is 7.11. The number of nitrogens with zero attached hydrogens (tertiary/aromatic N) is 2. The molecule has 0 atom stereocenters. The Morgan fingerprint density at radius 2 is 1.88 bits per heavy atom. The van der Waals surface area contributed by atoms with Crippen molar-refractivity contribution in [3.63, 3.8) is 0 Å². The molecular weight excluding hydrogens is 512 g/mol. The SMILES string of the molecule is O=C(COc1ccc(Br)cc1C=Nn1c(=O)[nH]c2ccccc2c1=O)Nc1ccc(Cl)cc1. The highest BCUT2D eigenvalue weighted by molar-refractivity contribution is 9.10. The van der Waals surface area contributed by atoms with Crippen molar-refractivity contribution in [2.75, 3.05) is 11.9 Å². The zero-order valence-electron chi connectivity index (χ0n) is 16.9. The summed E-state index contributed by atoms with van der Waals surface area (Å²) in [6.45, 7) is -0.262. The monoisotopic (exact) mass is 526 g/mol. The van der Waals surface area contributed by atoms with Crippen LogP contribution in [0, 0.1) is 0 Å². The van der Waals surface area contributed by atoms with E-state index in [0.29, 0.717) is 32.9 Å². The molecule has 1 heterocycles. The number of para-hydroxylation sites is 1. The number of halogens is 2. The van der Waals surface area contributed by atoms with E-state index in [1.54, 1.807) is 66.7 Å². The average Bonchev–Trinajstić information content (AvgIpc) is 2.80. The van der Waals surface area contributed by atoms with Crippen LogP contribution in [0.25, 0.3) is 10.9 Å². The number of anilines is 1. The van der Waals surface area contributed by atoms with E-state index in [-0.39, 0.29) is 12.5 Å². The molecule has 1 amide bonds. The zero-order chi connectivity index (χ0) is 23.4. The number of hydrogen-bond donors (Lipinski definition) is 2. The van der Waals surface area contributed by atoms with Gasteiger partial charge in [-0.2, -0.15) is 5.10 Å². The second-order valence-electron chi connectivity index (χ2n) is 6.86. The van der Waals surface area contributed by atoms with E-state index in [1.807, 2.05) is 0 Å². The van der Waals surface area contributed by atoms with Gasteiger partial charge in [0.15, 0.2) is 6.61 Å². The van der Waals surface area contributed by atoms with Crippen molar-refractivity contribution >= 4 is 56.2 Å². The van der Waals surface area contributed by atoms with Crippen LogP contribution >= 0.6 is 27.5 Å². The van der Waals surface area contributed by atoms with Crippen LogP contribution in [0.1, 0.15) is 5.56 Å². The number of hydrogen-bond acceptors (Lipinski definition) is 5. The summed E-state index contributed by atoms with van der Waals surface area (Å²) in [5.41, 5.74) is 0.251. The van der Waals surface area contributed by atoms with Crippen LogP contribution in [0.4, 0.5) is 5.69 Å². The van der Waals surface area contributed by atoms with Crippen molar-refractivity contribution < 1.29 is 9.53 Å². The molecule has 0 bridgehead atoms. The lowest BCUT2D eigenvalue weighted by Gasteiger charge is -2.10. The third-order valence-electron chi connectivity index (χ3n) is 4.55. The van der Waals surface area contributed by atoms with Gasteiger partial charge in [-0.25, -0.2) is 4.79 Å². The third-order valence-corrected chi connectivity index (χ3v) is 5.30. The number of ether oxygens (including phenoxy) is 1. The minimum atomic E-state index is -0.672. The maximum absolute atomic E-state index is 12.7. The molecular formula is C23H16BrClN4O4. The largest absolute Gasteiger partial charge is 0.483 e. The molecule has 3 aromatic carbocycles. The van der Waals surface area contributed by atoms with E-state index < -0.39 is 11.2 Å². The van der Waals surface area contributed by atoms with Crippen molar-refractivity contribution in [3.05, 3.63) is 103 Å². The molecule has 0 saturated carbocycles. The molecule has 1 aromatic heterocycles. The van der Waals surface area contributed by atoms with Gasteiger partial charge in [-0.05, 0) is 54.6 Å². The van der Waals surface area contributed by atoms with Crippen molar-refractivity contribution in [2.24, 2.45) is 5.10 Å². The molecule has 10 heteroatoms. The van der Waals surface area contributed by atoms with E-state index in [2.05, 4.69) is 31.3 Å². The molecule has 0 radical (unpaired) electrons. The normalized spacial score (nSPS) is 11.1. The molecule has 0 saturated heterocycles. The highest BCUT2D eigenvalue weighted by atomic mass is 79.9. The van der Waals surface area contributed by atoms with Crippen LogP contribution in [0.2, 0.25) is 5.02 Å². The molecule has 166 valence electrons. The Kier molecular flexibility index (Phi) is 6.71. The smallest absolute Gasteiger partial charge is 0.349 e. The van der Waals surface area contributed by atoms with Crippen molar-refractivity contribution in [3.8, 4) is 5.75 Å². The van der Waals surface area contributed by atoms with Gasteiger partial charge in [-0.3, -0.25) is 9.59 Å².